The summed E-state index contributed by atoms with van der Waals surface area (Å²) in [7, 11) is -3.72. The molecule has 32 heavy (non-hydrogen) atoms. The summed E-state index contributed by atoms with van der Waals surface area (Å²) in [6.45, 7) is 7.40. The van der Waals surface area contributed by atoms with Crippen molar-refractivity contribution in [2.75, 3.05) is 18.4 Å². The van der Waals surface area contributed by atoms with E-state index in [-0.39, 0.29) is 32.5 Å². The predicted octanol–water partition coefficient (Wildman–Crippen LogP) is 5.03. The number of hydrogen-bond acceptors (Lipinski definition) is 5. The van der Waals surface area contributed by atoms with Crippen LogP contribution in [0.5, 0.6) is 0 Å². The Balaban J connectivity index is 2.02. The second-order valence-corrected chi connectivity index (χ2v) is 9.42. The van der Waals surface area contributed by atoms with Gasteiger partial charge in [-0.05, 0) is 43.7 Å². The molecule has 3 rings (SSSR count). The molecule has 0 aliphatic heterocycles. The molecule has 1 amide bonds. The minimum atomic E-state index is -3.72. The summed E-state index contributed by atoms with van der Waals surface area (Å²) in [4.78, 5) is 13.2. The van der Waals surface area contributed by atoms with Gasteiger partial charge in [0.2, 0.25) is 10.0 Å². The summed E-state index contributed by atoms with van der Waals surface area (Å²) in [6, 6.07) is 8.64. The third-order valence-electron chi connectivity index (χ3n) is 5.09. The Bertz CT molecular complexity index is 1250. The van der Waals surface area contributed by atoms with Gasteiger partial charge in [0.25, 0.3) is 5.91 Å². The minimum absolute atomic E-state index is 0.00778. The highest BCUT2D eigenvalue weighted by molar-refractivity contribution is 7.89. The van der Waals surface area contributed by atoms with Crippen LogP contribution >= 0.6 is 11.6 Å². The highest BCUT2D eigenvalue weighted by Crippen LogP contribution is 2.34. The van der Waals surface area contributed by atoms with Crippen LogP contribution in [0.15, 0.2) is 45.8 Å². The first-order chi connectivity index (χ1) is 15.1. The van der Waals surface area contributed by atoms with Gasteiger partial charge in [0.15, 0.2) is 0 Å². The molecule has 0 fully saturated rings. The maximum absolute atomic E-state index is 14.4. The fourth-order valence-corrected chi connectivity index (χ4v) is 5.07. The highest BCUT2D eigenvalue weighted by Gasteiger charge is 2.27. The molecule has 3 aromatic rings. The third kappa shape index (κ3) is 4.41. The van der Waals surface area contributed by atoms with Gasteiger partial charge in [-0.25, -0.2) is 12.8 Å². The van der Waals surface area contributed by atoms with Crippen LogP contribution in [0.2, 0.25) is 5.02 Å². The van der Waals surface area contributed by atoms with Gasteiger partial charge in [-0.1, -0.05) is 42.7 Å². The molecule has 0 aliphatic carbocycles. The molecule has 0 radical (unpaired) electrons. The SMILES string of the molecule is CCN(CC)S(=O)(=O)c1ccc(C)c(NC(=O)c2c(-c3c(F)cccc3Cl)noc2C)c1. The summed E-state index contributed by atoms with van der Waals surface area (Å²) in [5.41, 5.74) is 0.873. The summed E-state index contributed by atoms with van der Waals surface area (Å²) < 4.78 is 46.7. The molecular weight excluding hydrogens is 457 g/mol. The van der Waals surface area contributed by atoms with Crippen LogP contribution < -0.4 is 5.32 Å². The highest BCUT2D eigenvalue weighted by atomic mass is 35.5. The molecule has 1 heterocycles. The van der Waals surface area contributed by atoms with E-state index < -0.39 is 21.7 Å². The molecular formula is C22H23ClFN3O4S. The first-order valence-electron chi connectivity index (χ1n) is 9.94. The van der Waals surface area contributed by atoms with E-state index in [9.17, 15) is 17.6 Å². The molecule has 0 saturated heterocycles. The first-order valence-corrected chi connectivity index (χ1v) is 11.8. The number of halogens is 2. The molecule has 0 unspecified atom stereocenters. The van der Waals surface area contributed by atoms with Gasteiger partial charge in [0.05, 0.1) is 15.5 Å². The average molecular weight is 480 g/mol. The Hall–Kier alpha value is -2.75. The molecule has 0 bridgehead atoms. The van der Waals surface area contributed by atoms with Crippen molar-refractivity contribution >= 4 is 33.2 Å². The third-order valence-corrected chi connectivity index (χ3v) is 7.45. The van der Waals surface area contributed by atoms with Crippen molar-refractivity contribution < 1.29 is 22.1 Å². The summed E-state index contributed by atoms with van der Waals surface area (Å²) in [5, 5.41) is 6.61. The topological polar surface area (TPSA) is 92.5 Å². The molecule has 0 aliphatic rings. The van der Waals surface area contributed by atoms with Crippen LogP contribution in [0.1, 0.15) is 35.5 Å². The number of nitrogens with zero attached hydrogens (tertiary/aromatic N) is 2. The van der Waals surface area contributed by atoms with Crippen LogP contribution in [-0.2, 0) is 10.0 Å². The maximum Gasteiger partial charge on any atom is 0.261 e. The van der Waals surface area contributed by atoms with Crippen molar-refractivity contribution in [3.05, 3.63) is 64.1 Å². The first kappa shape index (κ1) is 23.9. The smallest absolute Gasteiger partial charge is 0.261 e. The number of aromatic nitrogens is 1. The van der Waals surface area contributed by atoms with Crippen LogP contribution in [0.25, 0.3) is 11.3 Å². The number of nitrogens with one attached hydrogen (secondary N) is 1. The van der Waals surface area contributed by atoms with Crippen molar-refractivity contribution in [3.8, 4) is 11.3 Å². The quantitative estimate of drug-likeness (QED) is 0.512. The minimum Gasteiger partial charge on any atom is -0.360 e. The summed E-state index contributed by atoms with van der Waals surface area (Å²) in [6.07, 6.45) is 0. The predicted molar refractivity (Wildman–Crippen MR) is 121 cm³/mol. The Morgan fingerprint density at radius 1 is 1.19 bits per heavy atom. The van der Waals surface area contributed by atoms with Crippen molar-refractivity contribution in [1.82, 2.24) is 9.46 Å². The number of rotatable bonds is 7. The molecule has 1 N–H and O–H groups in total. The van der Waals surface area contributed by atoms with E-state index in [2.05, 4.69) is 10.5 Å². The van der Waals surface area contributed by atoms with Crippen LogP contribution in [0.3, 0.4) is 0 Å². The Morgan fingerprint density at radius 3 is 2.50 bits per heavy atom. The van der Waals surface area contributed by atoms with E-state index in [0.717, 1.165) is 0 Å². The molecule has 1 aromatic heterocycles. The van der Waals surface area contributed by atoms with Crippen molar-refractivity contribution in [3.63, 3.8) is 0 Å². The van der Waals surface area contributed by atoms with Gasteiger partial charge in [0, 0.05) is 18.8 Å². The molecule has 10 heteroatoms. The van der Waals surface area contributed by atoms with Gasteiger partial charge in [0.1, 0.15) is 22.8 Å². The molecule has 0 saturated carbocycles. The summed E-state index contributed by atoms with van der Waals surface area (Å²) in [5.74, 6) is -1.11. The van der Waals surface area contributed by atoms with Crippen LogP contribution in [-0.4, -0.2) is 36.9 Å². The van der Waals surface area contributed by atoms with Gasteiger partial charge in [-0.15, -0.1) is 0 Å². The fourth-order valence-electron chi connectivity index (χ4n) is 3.33. The molecule has 170 valence electrons. The second-order valence-electron chi connectivity index (χ2n) is 7.08. The lowest BCUT2D eigenvalue weighted by molar-refractivity contribution is 0.102. The number of hydrogen-bond donors (Lipinski definition) is 1. The zero-order valence-electron chi connectivity index (χ0n) is 18.1. The molecule has 7 nitrogen and oxygen atoms in total. The lowest BCUT2D eigenvalue weighted by atomic mass is 10.0. The van der Waals surface area contributed by atoms with E-state index in [1.54, 1.807) is 26.8 Å². The lowest BCUT2D eigenvalue weighted by Crippen LogP contribution is -2.30. The number of carbonyl (C=O) groups is 1. The number of benzene rings is 2. The van der Waals surface area contributed by atoms with Gasteiger partial charge < -0.3 is 9.84 Å². The number of aryl methyl sites for hydroxylation is 2. The van der Waals surface area contributed by atoms with Crippen molar-refractivity contribution in [1.29, 1.82) is 0 Å². The Labute approximate surface area is 191 Å². The fraction of sp³-hybridized carbons (Fsp3) is 0.273. The zero-order valence-corrected chi connectivity index (χ0v) is 19.6. The Kier molecular flexibility index (Phi) is 7.02. The molecule has 0 spiro atoms. The second kappa shape index (κ2) is 9.40. The number of amides is 1. The standard InChI is InChI=1S/C22H23ClFN3O4S/c1-5-27(6-2)32(29,30)15-11-10-13(3)18(12-15)25-22(28)19-14(4)31-26-21(19)20-16(23)8-7-9-17(20)24/h7-12H,5-6H2,1-4H3,(H,25,28). The van der Waals surface area contributed by atoms with Gasteiger partial charge in [-0.3, -0.25) is 4.79 Å². The van der Waals surface area contributed by atoms with E-state index >= 15 is 0 Å². The van der Waals surface area contributed by atoms with E-state index in [1.165, 1.54) is 41.6 Å². The van der Waals surface area contributed by atoms with Crippen LogP contribution in [0.4, 0.5) is 10.1 Å². The van der Waals surface area contributed by atoms with Crippen molar-refractivity contribution in [2.45, 2.75) is 32.6 Å². The number of sulfonamides is 1. The molecule has 2 aromatic carbocycles. The summed E-state index contributed by atoms with van der Waals surface area (Å²) >= 11 is 6.14. The van der Waals surface area contributed by atoms with Gasteiger partial charge in [-0.2, -0.15) is 4.31 Å². The van der Waals surface area contributed by atoms with E-state index in [0.29, 0.717) is 24.3 Å². The largest absolute Gasteiger partial charge is 0.360 e. The number of anilines is 1. The van der Waals surface area contributed by atoms with Crippen molar-refractivity contribution in [2.24, 2.45) is 0 Å². The maximum atomic E-state index is 14.4. The van der Waals surface area contributed by atoms with Crippen LogP contribution in [0, 0.1) is 19.7 Å². The monoisotopic (exact) mass is 479 g/mol. The normalized spacial score (nSPS) is 11.7. The number of carbonyl (C=O) groups excluding carboxylic acids is 1. The average Bonchev–Trinajstić information content (AvgIpc) is 3.11. The van der Waals surface area contributed by atoms with Gasteiger partial charge >= 0.3 is 0 Å². The molecule has 0 atom stereocenters. The lowest BCUT2D eigenvalue weighted by Gasteiger charge is -2.19. The Morgan fingerprint density at radius 2 is 1.88 bits per heavy atom. The zero-order chi connectivity index (χ0) is 23.6. The van der Waals surface area contributed by atoms with E-state index in [1.807, 2.05) is 0 Å². The van der Waals surface area contributed by atoms with E-state index in [4.69, 9.17) is 16.1 Å².